The maximum atomic E-state index is 12.7. The molecule has 0 radical (unpaired) electrons. The Kier molecular flexibility index (Phi) is 4.49. The van der Waals surface area contributed by atoms with Crippen molar-refractivity contribution in [2.45, 2.75) is 19.1 Å². The highest BCUT2D eigenvalue weighted by molar-refractivity contribution is 7.15. The molecule has 8 nitrogen and oxygen atoms in total. The zero-order valence-corrected chi connectivity index (χ0v) is 15.6. The highest BCUT2D eigenvalue weighted by Gasteiger charge is 2.30. The highest BCUT2D eigenvalue weighted by atomic mass is 32.1. The Balaban J connectivity index is 1.58. The van der Waals surface area contributed by atoms with E-state index < -0.39 is 29.4 Å². The van der Waals surface area contributed by atoms with Crippen LogP contribution in [0.2, 0.25) is 0 Å². The molecule has 0 saturated carbocycles. The molecule has 4 rings (SSSR count). The Hall–Kier alpha value is -3.41. The summed E-state index contributed by atoms with van der Waals surface area (Å²) in [7, 11) is 0. The molecule has 3 N–H and O–H groups in total. The molecule has 0 saturated heterocycles. The lowest BCUT2D eigenvalue weighted by molar-refractivity contribution is -0.137. The molecule has 0 spiro atoms. The lowest BCUT2D eigenvalue weighted by Crippen LogP contribution is -2.28. The second-order valence-corrected chi connectivity index (χ2v) is 7.07. The average molecular weight is 422 g/mol. The summed E-state index contributed by atoms with van der Waals surface area (Å²) in [5.74, 6) is -0.130. The molecule has 3 heterocycles. The molecule has 4 aromatic rings. The van der Waals surface area contributed by atoms with E-state index in [0.717, 1.165) is 12.1 Å². The Labute approximate surface area is 164 Å². The predicted molar refractivity (Wildman–Crippen MR) is 98.6 cm³/mol. The average Bonchev–Trinajstić information content (AvgIpc) is 3.36. The van der Waals surface area contributed by atoms with Gasteiger partial charge in [0, 0.05) is 17.1 Å². The van der Waals surface area contributed by atoms with Gasteiger partial charge in [-0.25, -0.2) is 14.9 Å². The van der Waals surface area contributed by atoms with Crippen molar-refractivity contribution in [3.8, 4) is 11.3 Å². The summed E-state index contributed by atoms with van der Waals surface area (Å²) in [5, 5.41) is 10.3. The fraction of sp³-hybridized carbons (Fsp3) is 0.176. The van der Waals surface area contributed by atoms with Gasteiger partial charge in [0.2, 0.25) is 0 Å². The van der Waals surface area contributed by atoms with Crippen molar-refractivity contribution < 1.29 is 18.0 Å². The summed E-state index contributed by atoms with van der Waals surface area (Å²) in [5.41, 5.74) is 0.0370. The first-order chi connectivity index (χ1) is 13.7. The number of imidazole rings is 1. The number of fused-ring (bicyclic) bond motifs is 1. The maximum absolute atomic E-state index is 12.7. The Morgan fingerprint density at radius 1 is 1.28 bits per heavy atom. The second kappa shape index (κ2) is 6.88. The van der Waals surface area contributed by atoms with Crippen LogP contribution < -0.4 is 11.0 Å². The van der Waals surface area contributed by atoms with Gasteiger partial charge in [0.25, 0.3) is 5.91 Å². The number of hydrogen-bond donors (Lipinski definition) is 3. The molecule has 150 valence electrons. The number of rotatable bonds is 4. The molecule has 29 heavy (non-hydrogen) atoms. The quantitative estimate of drug-likeness (QED) is 0.470. The van der Waals surface area contributed by atoms with Crippen LogP contribution in [0.25, 0.3) is 16.2 Å². The second-order valence-electron chi connectivity index (χ2n) is 6.23. The van der Waals surface area contributed by atoms with Crippen molar-refractivity contribution in [3.63, 3.8) is 0 Å². The number of hydrogen-bond acceptors (Lipinski definition) is 5. The molecular formula is C17H13F3N6O2S. The number of H-pyrrole nitrogens is 2. The summed E-state index contributed by atoms with van der Waals surface area (Å²) >= 11 is 1.22. The fourth-order valence-corrected chi connectivity index (χ4v) is 3.60. The molecule has 1 atom stereocenters. The maximum Gasteiger partial charge on any atom is 0.416 e. The van der Waals surface area contributed by atoms with Crippen LogP contribution >= 0.6 is 11.3 Å². The molecule has 1 aromatic carbocycles. The van der Waals surface area contributed by atoms with Crippen LogP contribution in [0.4, 0.5) is 13.2 Å². The van der Waals surface area contributed by atoms with Crippen molar-refractivity contribution in [3.05, 3.63) is 63.4 Å². The number of aromatic amines is 2. The lowest BCUT2D eigenvalue weighted by Gasteiger charge is -2.10. The minimum Gasteiger partial charge on any atom is -0.341 e. The first-order valence-electron chi connectivity index (χ1n) is 8.32. The van der Waals surface area contributed by atoms with Crippen LogP contribution in [0, 0.1) is 0 Å². The fourth-order valence-electron chi connectivity index (χ4n) is 2.74. The van der Waals surface area contributed by atoms with E-state index in [1.807, 2.05) is 0 Å². The number of halogens is 3. The van der Waals surface area contributed by atoms with Gasteiger partial charge in [0.15, 0.2) is 10.8 Å². The van der Waals surface area contributed by atoms with E-state index in [1.54, 1.807) is 22.9 Å². The van der Waals surface area contributed by atoms with Crippen LogP contribution in [0.5, 0.6) is 0 Å². The van der Waals surface area contributed by atoms with Gasteiger partial charge in [-0.05, 0) is 19.1 Å². The molecule has 1 unspecified atom stereocenters. The number of thiazole rings is 1. The number of nitrogens with zero attached hydrogens (tertiary/aromatic N) is 3. The minimum atomic E-state index is -4.41. The van der Waals surface area contributed by atoms with Crippen molar-refractivity contribution in [1.82, 2.24) is 29.9 Å². The molecule has 1 amide bonds. The molecule has 0 fully saturated rings. The zero-order chi connectivity index (χ0) is 20.8. The largest absolute Gasteiger partial charge is 0.416 e. The number of carbonyl (C=O) groups is 1. The van der Waals surface area contributed by atoms with Gasteiger partial charge in [-0.15, -0.1) is 11.3 Å². The molecule has 0 bridgehead atoms. The van der Waals surface area contributed by atoms with E-state index in [4.69, 9.17) is 0 Å². The van der Waals surface area contributed by atoms with E-state index >= 15 is 0 Å². The zero-order valence-electron chi connectivity index (χ0n) is 14.7. The normalized spacial score (nSPS) is 13.0. The van der Waals surface area contributed by atoms with Gasteiger partial charge in [0.1, 0.15) is 5.69 Å². The van der Waals surface area contributed by atoms with Gasteiger partial charge >= 0.3 is 11.9 Å². The number of benzene rings is 1. The predicted octanol–water partition coefficient (Wildman–Crippen LogP) is 2.98. The smallest absolute Gasteiger partial charge is 0.341 e. The molecule has 0 aliphatic heterocycles. The van der Waals surface area contributed by atoms with Gasteiger partial charge in [-0.2, -0.15) is 18.3 Å². The van der Waals surface area contributed by atoms with E-state index in [2.05, 4.69) is 25.5 Å². The topological polar surface area (TPSA) is 108 Å². The van der Waals surface area contributed by atoms with Crippen LogP contribution in [-0.4, -0.2) is 30.5 Å². The van der Waals surface area contributed by atoms with E-state index in [0.29, 0.717) is 21.9 Å². The van der Waals surface area contributed by atoms with Crippen LogP contribution in [0.1, 0.15) is 34.8 Å². The van der Waals surface area contributed by atoms with E-state index in [9.17, 15) is 22.8 Å². The molecule has 0 aliphatic carbocycles. The Bertz CT molecular complexity index is 1230. The third-order valence-electron chi connectivity index (χ3n) is 4.23. The standard InChI is InChI=1S/C17H13F3N6O2S/c1-8(13-23-15(28)25-24-13)21-14(27)12-7-29-16-22-11(6-26(12)16)9-2-4-10(5-3-9)17(18,19)20/h2-8H,1H3,(H,21,27)(H2,23,24,25,28). The van der Waals surface area contributed by atoms with Crippen molar-refractivity contribution >= 4 is 22.2 Å². The summed E-state index contributed by atoms with van der Waals surface area (Å²) in [6, 6.07) is 4.11. The summed E-state index contributed by atoms with van der Waals surface area (Å²) in [6.07, 6.45) is -2.82. The monoisotopic (exact) mass is 422 g/mol. The van der Waals surface area contributed by atoms with Crippen LogP contribution in [-0.2, 0) is 6.18 Å². The molecule has 0 aliphatic rings. The Morgan fingerprint density at radius 3 is 2.62 bits per heavy atom. The minimum absolute atomic E-state index is 0.283. The van der Waals surface area contributed by atoms with E-state index in [1.165, 1.54) is 23.5 Å². The molecule has 3 aromatic heterocycles. The third kappa shape index (κ3) is 3.66. The SMILES string of the molecule is CC(NC(=O)c1csc2nc(-c3ccc(C(F)(F)F)cc3)cn12)c1n[nH]c(=O)[nH]1. The summed E-state index contributed by atoms with van der Waals surface area (Å²) in [4.78, 5) is 31.1. The number of nitrogens with one attached hydrogen (secondary N) is 3. The van der Waals surface area contributed by atoms with Gasteiger partial charge < -0.3 is 5.32 Å². The lowest BCUT2D eigenvalue weighted by atomic mass is 10.1. The first kappa shape index (κ1) is 18.9. The Morgan fingerprint density at radius 2 is 2.00 bits per heavy atom. The first-order valence-corrected chi connectivity index (χ1v) is 9.20. The molecule has 12 heteroatoms. The van der Waals surface area contributed by atoms with Gasteiger partial charge in [-0.3, -0.25) is 14.2 Å². The van der Waals surface area contributed by atoms with Crippen molar-refractivity contribution in [2.24, 2.45) is 0 Å². The number of carbonyl (C=O) groups excluding carboxylic acids is 1. The number of aromatic nitrogens is 5. The number of alkyl halides is 3. The van der Waals surface area contributed by atoms with E-state index in [-0.39, 0.29) is 5.82 Å². The highest BCUT2D eigenvalue weighted by Crippen LogP contribution is 2.31. The third-order valence-corrected chi connectivity index (χ3v) is 5.07. The molecular weight excluding hydrogens is 409 g/mol. The van der Waals surface area contributed by atoms with Crippen LogP contribution in [0.3, 0.4) is 0 Å². The van der Waals surface area contributed by atoms with Crippen molar-refractivity contribution in [1.29, 1.82) is 0 Å². The van der Waals surface area contributed by atoms with Gasteiger partial charge in [-0.1, -0.05) is 12.1 Å². The van der Waals surface area contributed by atoms with Gasteiger partial charge in [0.05, 0.1) is 17.3 Å². The summed E-state index contributed by atoms with van der Waals surface area (Å²) < 4.78 is 39.7. The number of amides is 1. The van der Waals surface area contributed by atoms with Crippen LogP contribution in [0.15, 0.2) is 40.6 Å². The summed E-state index contributed by atoms with van der Waals surface area (Å²) in [6.45, 7) is 1.66. The van der Waals surface area contributed by atoms with Crippen molar-refractivity contribution in [2.75, 3.05) is 0 Å².